The molecule has 0 radical (unpaired) electrons. The van der Waals surface area contributed by atoms with Gasteiger partial charge in [-0.3, -0.25) is 0 Å². The fraction of sp³-hybridized carbons (Fsp3) is 0.707. The SMILES string of the molecule is [SiH3]C1(C(CCCCCCCCC(c2ccccc2)C2CCC3OC3C2)CC(c2ccccc2)C2CCC3OC3C2)CCCCO1. The van der Waals surface area contributed by atoms with Crippen molar-refractivity contribution in [3.8, 4) is 0 Å². The van der Waals surface area contributed by atoms with Gasteiger partial charge in [0.25, 0.3) is 0 Å². The Morgan fingerprint density at radius 3 is 1.76 bits per heavy atom. The number of hydrogen-bond donors (Lipinski definition) is 0. The van der Waals surface area contributed by atoms with Crippen molar-refractivity contribution in [3.05, 3.63) is 71.8 Å². The number of benzene rings is 2. The van der Waals surface area contributed by atoms with Gasteiger partial charge < -0.3 is 14.2 Å². The van der Waals surface area contributed by atoms with Gasteiger partial charge in [0.15, 0.2) is 0 Å². The molecule has 45 heavy (non-hydrogen) atoms. The molecular formula is C41H60O3Si. The third-order valence-corrected chi connectivity index (χ3v) is 14.5. The number of epoxide rings is 2. The van der Waals surface area contributed by atoms with Crippen LogP contribution in [0, 0.1) is 17.8 Å². The third-order valence-electron chi connectivity index (χ3n) is 12.9. The van der Waals surface area contributed by atoms with E-state index in [2.05, 4.69) is 60.7 Å². The highest BCUT2D eigenvalue weighted by molar-refractivity contribution is 6.14. The lowest BCUT2D eigenvalue weighted by molar-refractivity contribution is -0.0636. The van der Waals surface area contributed by atoms with Crippen LogP contribution >= 0.6 is 0 Å². The number of hydrogen-bond acceptors (Lipinski definition) is 3. The normalized spacial score (nSPS) is 34.3. The van der Waals surface area contributed by atoms with Gasteiger partial charge in [0.1, 0.15) is 0 Å². The third kappa shape index (κ3) is 8.34. The van der Waals surface area contributed by atoms with Gasteiger partial charge in [-0.15, -0.1) is 0 Å². The first-order valence-corrected chi connectivity index (χ1v) is 20.2. The summed E-state index contributed by atoms with van der Waals surface area (Å²) in [5.41, 5.74) is 3.14. The molecule has 7 rings (SSSR count). The van der Waals surface area contributed by atoms with Crippen LogP contribution < -0.4 is 0 Å². The van der Waals surface area contributed by atoms with Crippen molar-refractivity contribution < 1.29 is 14.2 Å². The number of unbranched alkanes of at least 4 members (excludes halogenated alkanes) is 5. The maximum absolute atomic E-state index is 6.74. The Morgan fingerprint density at radius 1 is 0.622 bits per heavy atom. The van der Waals surface area contributed by atoms with Gasteiger partial charge in [-0.05, 0) is 118 Å². The molecule has 2 saturated carbocycles. The Balaban J connectivity index is 0.899. The average molecular weight is 629 g/mol. The van der Waals surface area contributed by atoms with Gasteiger partial charge >= 0.3 is 0 Å². The van der Waals surface area contributed by atoms with E-state index in [1.807, 2.05) is 0 Å². The summed E-state index contributed by atoms with van der Waals surface area (Å²) < 4.78 is 18.6. The molecule has 2 aliphatic carbocycles. The molecule has 5 fully saturated rings. The molecule has 246 valence electrons. The summed E-state index contributed by atoms with van der Waals surface area (Å²) in [6.45, 7) is 0.982. The van der Waals surface area contributed by atoms with Crippen LogP contribution in [0.5, 0.6) is 0 Å². The maximum Gasteiger partial charge on any atom is 0.0844 e. The molecular weight excluding hydrogens is 569 g/mol. The molecule has 0 bridgehead atoms. The second-order valence-corrected chi connectivity index (χ2v) is 17.5. The number of ether oxygens (including phenoxy) is 3. The van der Waals surface area contributed by atoms with Crippen molar-refractivity contribution in [1.29, 1.82) is 0 Å². The van der Waals surface area contributed by atoms with E-state index in [1.165, 1.54) is 116 Å². The summed E-state index contributed by atoms with van der Waals surface area (Å²) in [4.78, 5) is 0. The highest BCUT2D eigenvalue weighted by atomic mass is 28.1. The quantitative estimate of drug-likeness (QED) is 0.106. The van der Waals surface area contributed by atoms with Crippen molar-refractivity contribution in [1.82, 2.24) is 0 Å². The second-order valence-electron chi connectivity index (χ2n) is 15.9. The van der Waals surface area contributed by atoms with E-state index in [4.69, 9.17) is 14.2 Å². The molecule has 0 N–H and O–H groups in total. The average Bonchev–Trinajstić information content (AvgIpc) is 4.01. The first kappa shape index (κ1) is 32.1. The smallest absolute Gasteiger partial charge is 0.0844 e. The first-order valence-electron chi connectivity index (χ1n) is 19.2. The molecule has 3 nitrogen and oxygen atoms in total. The van der Waals surface area contributed by atoms with Gasteiger partial charge in [0.2, 0.25) is 0 Å². The van der Waals surface area contributed by atoms with Crippen LogP contribution in [0.15, 0.2) is 60.7 Å². The molecule has 2 aromatic rings. The topological polar surface area (TPSA) is 34.3 Å². The van der Waals surface area contributed by atoms with Crippen LogP contribution in [0.1, 0.15) is 139 Å². The molecule has 0 amide bonds. The lowest BCUT2D eigenvalue weighted by Crippen LogP contribution is -2.45. The minimum atomic E-state index is 0.176. The van der Waals surface area contributed by atoms with E-state index in [-0.39, 0.29) is 5.22 Å². The Bertz CT molecular complexity index is 1170. The minimum absolute atomic E-state index is 0.176. The summed E-state index contributed by atoms with van der Waals surface area (Å²) in [7, 11) is 1.16. The Morgan fingerprint density at radius 2 is 1.18 bits per heavy atom. The number of fused-ring (bicyclic) bond motifs is 2. The number of rotatable bonds is 16. The molecule has 5 aliphatic rings. The molecule has 0 spiro atoms. The molecule has 10 atom stereocenters. The summed E-state index contributed by atoms with van der Waals surface area (Å²) in [6.07, 6.45) is 26.3. The van der Waals surface area contributed by atoms with Crippen LogP contribution in [0.25, 0.3) is 0 Å². The zero-order chi connectivity index (χ0) is 30.5. The minimum Gasteiger partial charge on any atom is -0.379 e. The largest absolute Gasteiger partial charge is 0.379 e. The van der Waals surface area contributed by atoms with E-state index in [1.54, 1.807) is 11.1 Å². The Labute approximate surface area is 277 Å². The molecule has 4 heteroatoms. The Hall–Kier alpha value is -1.46. The molecule has 3 heterocycles. The van der Waals surface area contributed by atoms with Crippen LogP contribution in [0.4, 0.5) is 0 Å². The van der Waals surface area contributed by atoms with Crippen LogP contribution in [-0.2, 0) is 14.2 Å². The fourth-order valence-electron chi connectivity index (χ4n) is 10.00. The lowest BCUT2D eigenvalue weighted by Gasteiger charge is -2.44. The summed E-state index contributed by atoms with van der Waals surface area (Å²) in [5.74, 6) is 3.64. The fourth-order valence-corrected chi connectivity index (χ4v) is 11.1. The predicted octanol–water partition coefficient (Wildman–Crippen LogP) is 9.08. The van der Waals surface area contributed by atoms with Crippen molar-refractivity contribution in [3.63, 3.8) is 0 Å². The van der Waals surface area contributed by atoms with E-state index < -0.39 is 0 Å². The highest BCUT2D eigenvalue weighted by Gasteiger charge is 2.47. The van der Waals surface area contributed by atoms with Crippen LogP contribution in [0.2, 0.25) is 0 Å². The lowest BCUT2D eigenvalue weighted by atomic mass is 9.71. The van der Waals surface area contributed by atoms with Gasteiger partial charge in [-0.2, -0.15) is 0 Å². The first-order chi connectivity index (χ1) is 22.2. The molecule has 0 aromatic heterocycles. The van der Waals surface area contributed by atoms with E-state index >= 15 is 0 Å². The molecule has 10 unspecified atom stereocenters. The zero-order valence-electron chi connectivity index (χ0n) is 28.1. The highest BCUT2D eigenvalue weighted by Crippen LogP contribution is 2.49. The summed E-state index contributed by atoms with van der Waals surface area (Å²) >= 11 is 0. The standard InChI is InChI=1S/C41H60O3Si/c45-41(25-13-14-26-42-41)34(29-36(31-17-9-6-10-18-31)33-22-24-38-40(28-33)44-38)19-11-3-1-2-4-12-20-35(30-15-7-5-8-16-30)32-21-23-37-39(27-32)43-37/h5-10,15-18,32-40H,1-4,11-14,19-29H2,45H3. The van der Waals surface area contributed by atoms with Crippen molar-refractivity contribution >= 4 is 10.2 Å². The predicted molar refractivity (Wildman–Crippen MR) is 188 cm³/mol. The van der Waals surface area contributed by atoms with E-state index in [0.29, 0.717) is 36.3 Å². The molecule has 2 aromatic carbocycles. The maximum atomic E-state index is 6.74. The van der Waals surface area contributed by atoms with E-state index in [0.717, 1.165) is 34.6 Å². The Kier molecular flexibility index (Phi) is 10.8. The zero-order valence-corrected chi connectivity index (χ0v) is 30.1. The molecule has 3 aliphatic heterocycles. The van der Waals surface area contributed by atoms with Gasteiger partial charge in [-0.25, -0.2) is 0 Å². The van der Waals surface area contributed by atoms with Crippen molar-refractivity contribution in [2.45, 2.75) is 157 Å². The molecule has 3 saturated heterocycles. The summed E-state index contributed by atoms with van der Waals surface area (Å²) in [5, 5.41) is 0.176. The second kappa shape index (κ2) is 15.2. The van der Waals surface area contributed by atoms with Crippen LogP contribution in [0.3, 0.4) is 0 Å². The van der Waals surface area contributed by atoms with Crippen molar-refractivity contribution in [2.75, 3.05) is 6.61 Å². The summed E-state index contributed by atoms with van der Waals surface area (Å²) in [6, 6.07) is 23.0. The van der Waals surface area contributed by atoms with E-state index in [9.17, 15) is 0 Å². The monoisotopic (exact) mass is 628 g/mol. The van der Waals surface area contributed by atoms with Gasteiger partial charge in [0.05, 0.1) is 29.6 Å². The van der Waals surface area contributed by atoms with Gasteiger partial charge in [-0.1, -0.05) is 99.2 Å². The van der Waals surface area contributed by atoms with Crippen molar-refractivity contribution in [2.24, 2.45) is 17.8 Å². The van der Waals surface area contributed by atoms with Crippen LogP contribution in [-0.4, -0.2) is 46.5 Å². The van der Waals surface area contributed by atoms with Gasteiger partial charge in [0, 0.05) is 16.8 Å².